The van der Waals surface area contributed by atoms with Crippen molar-refractivity contribution >= 4 is 0 Å². The van der Waals surface area contributed by atoms with Crippen LogP contribution in [0.4, 0.5) is 0 Å². The molecule has 0 amide bonds. The van der Waals surface area contributed by atoms with Crippen molar-refractivity contribution in [1.82, 2.24) is 0 Å². The molecular weight excluding hydrogens is 184 g/mol. The molecule has 1 atom stereocenters. The highest BCUT2D eigenvalue weighted by Crippen LogP contribution is 2.70. The van der Waals surface area contributed by atoms with E-state index < -0.39 is 0 Å². The van der Waals surface area contributed by atoms with E-state index in [2.05, 4.69) is 27.7 Å². The van der Waals surface area contributed by atoms with Gasteiger partial charge in [-0.2, -0.15) is 0 Å². The molecular formula is C14H26O. The summed E-state index contributed by atoms with van der Waals surface area (Å²) >= 11 is 0. The van der Waals surface area contributed by atoms with Crippen molar-refractivity contribution in [3.05, 3.63) is 0 Å². The number of hydrogen-bond acceptors (Lipinski definition) is 1. The van der Waals surface area contributed by atoms with Gasteiger partial charge >= 0.3 is 0 Å². The molecule has 0 heterocycles. The van der Waals surface area contributed by atoms with Gasteiger partial charge in [0.1, 0.15) is 0 Å². The van der Waals surface area contributed by atoms with Crippen LogP contribution in [0.15, 0.2) is 0 Å². The van der Waals surface area contributed by atoms with Gasteiger partial charge in [0.05, 0.1) is 6.10 Å². The smallest absolute Gasteiger partial charge is 0.0607 e. The van der Waals surface area contributed by atoms with Crippen LogP contribution in [-0.4, -0.2) is 11.2 Å². The van der Waals surface area contributed by atoms with Gasteiger partial charge < -0.3 is 5.11 Å². The minimum atomic E-state index is -0.0460. The fraction of sp³-hybridized carbons (Fsp3) is 1.00. The Bertz CT molecular complexity index is 222. The number of aliphatic hydroxyl groups excluding tert-OH is 1. The SMILES string of the molecule is CC1(C)C(C(O)C2CCCCC2)C1(C)C. The van der Waals surface area contributed by atoms with Crippen molar-refractivity contribution < 1.29 is 5.11 Å². The Balaban J connectivity index is 2.00. The first-order chi connectivity index (χ1) is 6.89. The molecule has 1 N–H and O–H groups in total. The quantitative estimate of drug-likeness (QED) is 0.738. The highest BCUT2D eigenvalue weighted by Gasteiger charge is 2.67. The van der Waals surface area contributed by atoms with Gasteiger partial charge in [-0.1, -0.05) is 47.0 Å². The Morgan fingerprint density at radius 2 is 1.40 bits per heavy atom. The van der Waals surface area contributed by atoms with E-state index in [4.69, 9.17) is 0 Å². The third-order valence-electron chi connectivity index (χ3n) is 5.61. The molecule has 2 saturated carbocycles. The van der Waals surface area contributed by atoms with E-state index in [9.17, 15) is 5.11 Å². The number of aliphatic hydroxyl groups is 1. The summed E-state index contributed by atoms with van der Waals surface area (Å²) in [6.07, 6.45) is 6.49. The molecule has 0 aromatic heterocycles. The van der Waals surface area contributed by atoms with E-state index in [1.807, 2.05) is 0 Å². The Morgan fingerprint density at radius 3 is 1.80 bits per heavy atom. The van der Waals surface area contributed by atoms with Crippen LogP contribution in [0.1, 0.15) is 59.8 Å². The highest BCUT2D eigenvalue weighted by molar-refractivity contribution is 5.15. The van der Waals surface area contributed by atoms with Crippen molar-refractivity contribution in [1.29, 1.82) is 0 Å². The summed E-state index contributed by atoms with van der Waals surface area (Å²) in [6, 6.07) is 0. The summed E-state index contributed by atoms with van der Waals surface area (Å²) in [5.41, 5.74) is 0.674. The molecule has 0 bridgehead atoms. The summed E-state index contributed by atoms with van der Waals surface area (Å²) in [4.78, 5) is 0. The Kier molecular flexibility index (Phi) is 2.65. The molecule has 2 aliphatic rings. The van der Waals surface area contributed by atoms with Gasteiger partial charge in [-0.3, -0.25) is 0 Å². The topological polar surface area (TPSA) is 20.2 Å². The molecule has 2 rings (SSSR count). The minimum absolute atomic E-state index is 0.0460. The maximum absolute atomic E-state index is 10.5. The molecule has 88 valence electrons. The molecule has 0 aromatic rings. The van der Waals surface area contributed by atoms with Gasteiger partial charge in [0.2, 0.25) is 0 Å². The van der Waals surface area contributed by atoms with Crippen LogP contribution in [0.2, 0.25) is 0 Å². The van der Waals surface area contributed by atoms with Crippen molar-refractivity contribution in [2.45, 2.75) is 65.9 Å². The first kappa shape index (κ1) is 11.4. The first-order valence-electron chi connectivity index (χ1n) is 6.57. The van der Waals surface area contributed by atoms with Crippen LogP contribution in [0.5, 0.6) is 0 Å². The molecule has 2 fully saturated rings. The minimum Gasteiger partial charge on any atom is -0.393 e. The fourth-order valence-electron chi connectivity index (χ4n) is 3.85. The summed E-state index contributed by atoms with van der Waals surface area (Å²) < 4.78 is 0. The third-order valence-corrected chi connectivity index (χ3v) is 5.61. The Hall–Kier alpha value is -0.0400. The Morgan fingerprint density at radius 1 is 0.933 bits per heavy atom. The summed E-state index contributed by atoms with van der Waals surface area (Å²) in [6.45, 7) is 9.24. The lowest BCUT2D eigenvalue weighted by Crippen LogP contribution is -2.27. The fourth-order valence-corrected chi connectivity index (χ4v) is 3.85. The molecule has 0 saturated heterocycles. The van der Waals surface area contributed by atoms with Gasteiger partial charge in [0, 0.05) is 0 Å². The van der Waals surface area contributed by atoms with E-state index >= 15 is 0 Å². The second kappa shape index (κ2) is 3.48. The van der Waals surface area contributed by atoms with Gasteiger partial charge in [-0.05, 0) is 35.5 Å². The molecule has 1 heteroatoms. The monoisotopic (exact) mass is 210 g/mol. The Labute approximate surface area is 94.3 Å². The van der Waals surface area contributed by atoms with Gasteiger partial charge in [0.15, 0.2) is 0 Å². The summed E-state index contributed by atoms with van der Waals surface area (Å²) in [5, 5.41) is 10.5. The van der Waals surface area contributed by atoms with E-state index in [0.29, 0.717) is 22.7 Å². The van der Waals surface area contributed by atoms with Gasteiger partial charge in [-0.15, -0.1) is 0 Å². The zero-order valence-electron chi connectivity index (χ0n) is 10.7. The van der Waals surface area contributed by atoms with Crippen molar-refractivity contribution in [2.75, 3.05) is 0 Å². The van der Waals surface area contributed by atoms with Crippen LogP contribution in [-0.2, 0) is 0 Å². The van der Waals surface area contributed by atoms with Crippen LogP contribution in [0.25, 0.3) is 0 Å². The highest BCUT2D eigenvalue weighted by atomic mass is 16.3. The molecule has 0 aliphatic heterocycles. The van der Waals surface area contributed by atoms with Crippen LogP contribution < -0.4 is 0 Å². The van der Waals surface area contributed by atoms with Crippen LogP contribution in [0.3, 0.4) is 0 Å². The van der Waals surface area contributed by atoms with Crippen LogP contribution >= 0.6 is 0 Å². The molecule has 1 nitrogen and oxygen atoms in total. The second-order valence-corrected chi connectivity index (χ2v) is 6.81. The lowest BCUT2D eigenvalue weighted by molar-refractivity contribution is 0.0498. The van der Waals surface area contributed by atoms with Crippen molar-refractivity contribution in [3.8, 4) is 0 Å². The molecule has 0 aromatic carbocycles. The molecule has 0 radical (unpaired) electrons. The predicted molar refractivity (Wildman–Crippen MR) is 63.6 cm³/mol. The zero-order chi connectivity index (χ0) is 11.3. The number of hydrogen-bond donors (Lipinski definition) is 1. The first-order valence-corrected chi connectivity index (χ1v) is 6.57. The van der Waals surface area contributed by atoms with Gasteiger partial charge in [-0.25, -0.2) is 0 Å². The maximum Gasteiger partial charge on any atom is 0.0607 e. The van der Waals surface area contributed by atoms with E-state index in [0.717, 1.165) is 0 Å². The average Bonchev–Trinajstić information content (AvgIpc) is 2.58. The van der Waals surface area contributed by atoms with Crippen molar-refractivity contribution in [2.24, 2.45) is 22.7 Å². The van der Waals surface area contributed by atoms with E-state index in [1.54, 1.807) is 0 Å². The summed E-state index contributed by atoms with van der Waals surface area (Å²) in [7, 11) is 0. The second-order valence-electron chi connectivity index (χ2n) is 6.81. The maximum atomic E-state index is 10.5. The normalized spacial score (nSPS) is 32.6. The van der Waals surface area contributed by atoms with E-state index in [-0.39, 0.29) is 6.10 Å². The largest absolute Gasteiger partial charge is 0.393 e. The average molecular weight is 210 g/mol. The molecule has 1 unspecified atom stereocenters. The lowest BCUT2D eigenvalue weighted by atomic mass is 9.82. The summed E-state index contributed by atoms with van der Waals surface area (Å²) in [5.74, 6) is 1.11. The van der Waals surface area contributed by atoms with Gasteiger partial charge in [0.25, 0.3) is 0 Å². The van der Waals surface area contributed by atoms with Crippen molar-refractivity contribution in [3.63, 3.8) is 0 Å². The standard InChI is InChI=1S/C14H26O/c1-13(2)12(14(13,3)4)11(15)10-8-6-5-7-9-10/h10-12,15H,5-9H2,1-4H3. The number of rotatable bonds is 2. The molecule has 15 heavy (non-hydrogen) atoms. The third kappa shape index (κ3) is 1.63. The molecule has 0 spiro atoms. The van der Waals surface area contributed by atoms with Crippen LogP contribution in [0, 0.1) is 22.7 Å². The lowest BCUT2D eigenvalue weighted by Gasteiger charge is -2.28. The predicted octanol–water partition coefficient (Wildman–Crippen LogP) is 3.61. The molecule has 2 aliphatic carbocycles. The van der Waals surface area contributed by atoms with E-state index in [1.165, 1.54) is 32.1 Å². The zero-order valence-corrected chi connectivity index (χ0v) is 10.7.